The fourth-order valence-corrected chi connectivity index (χ4v) is 43.8. The van der Waals surface area contributed by atoms with Crippen LogP contribution in [0.3, 0.4) is 0 Å². The third kappa shape index (κ3) is 9.65. The van der Waals surface area contributed by atoms with Gasteiger partial charge in [0.2, 0.25) is 8.91 Å². The Labute approximate surface area is 95.2 Å². The largest absolute Gasteiger partial charge is 0.461 e. The van der Waals surface area contributed by atoms with Gasteiger partial charge in [-0.05, 0) is 32.7 Å². The van der Waals surface area contributed by atoms with E-state index in [1.807, 2.05) is 0 Å². The van der Waals surface area contributed by atoms with E-state index in [-0.39, 0.29) is 17.1 Å². The Balaban J connectivity index is 3.80. The molecule has 0 aliphatic rings. The lowest BCUT2D eigenvalue weighted by molar-refractivity contribution is 0.573. The van der Waals surface area contributed by atoms with Crippen molar-refractivity contribution >= 4 is 54.4 Å². The normalized spacial score (nSPS) is 15.5. The molecule has 80 valence electrons. The van der Waals surface area contributed by atoms with E-state index in [1.54, 1.807) is 0 Å². The fourth-order valence-electron chi connectivity index (χ4n) is 1.23. The lowest BCUT2D eigenvalue weighted by Gasteiger charge is -2.31. The van der Waals surface area contributed by atoms with Crippen molar-refractivity contribution < 1.29 is 8.23 Å². The van der Waals surface area contributed by atoms with Crippen LogP contribution in [0.4, 0.5) is 0 Å². The molecule has 0 aromatic rings. The summed E-state index contributed by atoms with van der Waals surface area (Å²) in [6.45, 7) is 11.6. The fraction of sp³-hybridized carbons (Fsp3) is 1.00. The van der Waals surface area contributed by atoms with Crippen molar-refractivity contribution in [3.8, 4) is 0 Å². The topological polar surface area (TPSA) is 18.5 Å². The van der Waals surface area contributed by atoms with Gasteiger partial charge in [0.1, 0.15) is 18.7 Å². The molecule has 0 atom stereocenters. The molecule has 0 spiro atoms. The average Bonchev–Trinajstić information content (AvgIpc) is 1.81. The Bertz CT molecular complexity index is 148. The maximum Gasteiger partial charge on any atom is 0.203 e. The minimum atomic E-state index is -1.29. The molecule has 0 saturated heterocycles. The lowest BCUT2D eigenvalue weighted by Crippen LogP contribution is -2.46. The molecule has 13 heavy (non-hydrogen) atoms. The van der Waals surface area contributed by atoms with Gasteiger partial charge in [-0.25, -0.2) is 0 Å². The van der Waals surface area contributed by atoms with Gasteiger partial charge in [-0.1, -0.05) is 0 Å². The van der Waals surface area contributed by atoms with Crippen LogP contribution in [0.1, 0.15) is 0 Å². The van der Waals surface area contributed by atoms with Crippen LogP contribution in [-0.2, 0) is 8.23 Å². The SMILES string of the molecule is C[Si](C)(C)O[Si](C)(C)[SiH2]S[SiH2]O[SiH3]. The molecule has 0 bridgehead atoms. The average molecular weight is 287 g/mol. The Morgan fingerprint density at radius 2 is 1.69 bits per heavy atom. The monoisotopic (exact) mass is 286 g/mol. The molecule has 0 aliphatic carbocycles. The van der Waals surface area contributed by atoms with Crippen molar-refractivity contribution in [2.75, 3.05) is 0 Å². The quantitative estimate of drug-likeness (QED) is 0.491. The van der Waals surface area contributed by atoms with Gasteiger partial charge in [-0.15, -0.1) is 0 Å². The molecule has 0 N–H and O–H groups in total. The summed E-state index contributed by atoms with van der Waals surface area (Å²) < 4.78 is 11.6. The van der Waals surface area contributed by atoms with Gasteiger partial charge in [0, 0.05) is 0 Å². The van der Waals surface area contributed by atoms with Gasteiger partial charge in [0.25, 0.3) is 0 Å². The molecule has 8 heteroatoms. The van der Waals surface area contributed by atoms with Crippen LogP contribution in [0, 0.1) is 0 Å². The number of hydrogen-bond acceptors (Lipinski definition) is 3. The maximum atomic E-state index is 6.27. The molecule has 0 rings (SSSR count). The second kappa shape index (κ2) is 6.05. The number of hydrogen-bond donors (Lipinski definition) is 0. The predicted molar refractivity (Wildman–Crippen MR) is 77.6 cm³/mol. The molecule has 0 saturated carbocycles. The van der Waals surface area contributed by atoms with Crippen LogP contribution in [0.25, 0.3) is 0 Å². The van der Waals surface area contributed by atoms with Crippen LogP contribution in [0.15, 0.2) is 0 Å². The van der Waals surface area contributed by atoms with Gasteiger partial charge < -0.3 is 8.23 Å². The third-order valence-corrected chi connectivity index (χ3v) is 29.6. The molecule has 0 radical (unpaired) electrons. The highest BCUT2D eigenvalue weighted by Crippen LogP contribution is 2.16. The smallest absolute Gasteiger partial charge is 0.203 e. The maximum absolute atomic E-state index is 6.27. The molecule has 0 aliphatic heterocycles. The van der Waals surface area contributed by atoms with E-state index in [0.29, 0.717) is 0 Å². The summed E-state index contributed by atoms with van der Waals surface area (Å²) in [5.74, 6) is 0. The van der Waals surface area contributed by atoms with Crippen molar-refractivity contribution in [1.82, 2.24) is 0 Å². The molecule has 0 aromatic carbocycles. The Morgan fingerprint density at radius 3 is 2.08 bits per heavy atom. The third-order valence-electron chi connectivity index (χ3n) is 1.23. The van der Waals surface area contributed by atoms with Gasteiger partial charge in [0.15, 0.2) is 16.2 Å². The highest BCUT2D eigenvalue weighted by Gasteiger charge is 2.29. The van der Waals surface area contributed by atoms with Crippen molar-refractivity contribution in [3.05, 3.63) is 0 Å². The van der Waals surface area contributed by atoms with E-state index in [0.717, 1.165) is 10.5 Å². The first-order valence-electron chi connectivity index (χ1n) is 4.54. The van der Waals surface area contributed by atoms with Gasteiger partial charge in [-0.3, -0.25) is 0 Å². The second-order valence-electron chi connectivity index (χ2n) is 4.73. The first-order valence-corrected chi connectivity index (χ1v) is 19.2. The van der Waals surface area contributed by atoms with Crippen molar-refractivity contribution in [2.24, 2.45) is 0 Å². The highest BCUT2D eigenvalue weighted by molar-refractivity contribution is 8.44. The summed E-state index contributed by atoms with van der Waals surface area (Å²) in [4.78, 5) is 0. The second-order valence-corrected chi connectivity index (χ2v) is 30.7. The zero-order valence-electron chi connectivity index (χ0n) is 9.64. The first-order chi connectivity index (χ1) is 5.77. The van der Waals surface area contributed by atoms with Gasteiger partial charge in [-0.2, -0.15) is 10.7 Å². The zero-order chi connectivity index (χ0) is 10.5. The van der Waals surface area contributed by atoms with Crippen molar-refractivity contribution in [1.29, 1.82) is 0 Å². The summed E-state index contributed by atoms with van der Waals surface area (Å²) in [6.07, 6.45) is 0. The van der Waals surface area contributed by atoms with Gasteiger partial charge in [0.05, 0.1) is 0 Å². The molecule has 2 nitrogen and oxygen atoms in total. The van der Waals surface area contributed by atoms with Crippen LogP contribution >= 0.6 is 10.7 Å². The lowest BCUT2D eigenvalue weighted by atomic mass is 11.8. The molecule has 0 fully saturated rings. The number of rotatable bonds is 6. The van der Waals surface area contributed by atoms with Crippen LogP contribution in [-0.4, -0.2) is 43.7 Å². The van der Waals surface area contributed by atoms with E-state index in [1.165, 1.54) is 0 Å². The van der Waals surface area contributed by atoms with Crippen LogP contribution < -0.4 is 0 Å². The Morgan fingerprint density at radius 1 is 1.15 bits per heavy atom. The van der Waals surface area contributed by atoms with Crippen molar-refractivity contribution in [2.45, 2.75) is 32.7 Å². The summed E-state index contributed by atoms with van der Waals surface area (Å²) in [7, 11) is 0.325. The summed E-state index contributed by atoms with van der Waals surface area (Å²) in [5, 5.41) is 0. The Kier molecular flexibility index (Phi) is 6.68. The molecule has 0 unspecified atom stereocenters. The Hall–Kier alpha value is 1.35. The summed E-state index contributed by atoms with van der Waals surface area (Å²) >= 11 is 0. The van der Waals surface area contributed by atoms with E-state index >= 15 is 0 Å². The predicted octanol–water partition coefficient (Wildman–Crippen LogP) is -0.348. The molecular weight excluding hydrogens is 265 g/mol. The molecule has 0 heterocycles. The molecule has 0 aromatic heterocycles. The van der Waals surface area contributed by atoms with Gasteiger partial charge >= 0.3 is 0 Å². The minimum Gasteiger partial charge on any atom is -0.461 e. The standard InChI is InChI=1S/C5H22O2SSi5/c1-12(2,3)7-13(4,5)11-8-10-6-9/h10-11H2,1-5,9H3. The van der Waals surface area contributed by atoms with Crippen LogP contribution in [0.5, 0.6) is 0 Å². The van der Waals surface area contributed by atoms with Crippen molar-refractivity contribution in [3.63, 3.8) is 0 Å². The minimum absolute atomic E-state index is 0.0246. The van der Waals surface area contributed by atoms with Crippen LogP contribution in [0.2, 0.25) is 32.7 Å². The van der Waals surface area contributed by atoms with E-state index in [9.17, 15) is 0 Å². The molecular formula is C5H22O2SSi5. The van der Waals surface area contributed by atoms with E-state index < -0.39 is 16.2 Å². The zero-order valence-corrected chi connectivity index (χ0v) is 17.3. The van der Waals surface area contributed by atoms with E-state index in [2.05, 4.69) is 43.4 Å². The van der Waals surface area contributed by atoms with E-state index in [4.69, 9.17) is 8.23 Å². The highest BCUT2D eigenvalue weighted by atomic mass is 32.5. The first kappa shape index (κ1) is 14.4. The summed E-state index contributed by atoms with van der Waals surface area (Å²) in [6, 6.07) is 0. The molecule has 0 amide bonds. The summed E-state index contributed by atoms with van der Waals surface area (Å²) in [5.41, 5.74) is 0.